The zero-order chi connectivity index (χ0) is 18.4. The van der Waals surface area contributed by atoms with E-state index in [1.165, 1.54) is 15.6 Å². The number of benzene rings is 1. The van der Waals surface area contributed by atoms with Gasteiger partial charge in [0.2, 0.25) is 0 Å². The first-order chi connectivity index (χ1) is 12.6. The van der Waals surface area contributed by atoms with Gasteiger partial charge in [-0.05, 0) is 60.8 Å². The molecule has 26 heavy (non-hydrogen) atoms. The Bertz CT molecular complexity index is 946. The van der Waals surface area contributed by atoms with Gasteiger partial charge in [0.25, 0.3) is 10.0 Å². The minimum absolute atomic E-state index is 0.358. The molecular formula is C21H21NO2S2. The molecule has 2 aromatic rings. The molecule has 1 aromatic heterocycles. The van der Waals surface area contributed by atoms with Crippen molar-refractivity contribution in [1.29, 1.82) is 0 Å². The smallest absolute Gasteiger partial charge is 0.258 e. The molecular weight excluding hydrogens is 362 g/mol. The number of nitrogens with zero attached hydrogens (tertiary/aromatic N) is 1. The van der Waals surface area contributed by atoms with Crippen LogP contribution in [0.15, 0.2) is 76.0 Å². The summed E-state index contributed by atoms with van der Waals surface area (Å²) in [5, 5.41) is 1.79. The van der Waals surface area contributed by atoms with Crippen LogP contribution in [-0.4, -0.2) is 19.3 Å². The lowest BCUT2D eigenvalue weighted by Gasteiger charge is -2.23. The van der Waals surface area contributed by atoms with Gasteiger partial charge in [0.1, 0.15) is 9.91 Å². The van der Waals surface area contributed by atoms with E-state index >= 15 is 0 Å². The molecule has 0 bridgehead atoms. The quantitative estimate of drug-likeness (QED) is 0.561. The van der Waals surface area contributed by atoms with E-state index in [0.717, 1.165) is 30.4 Å². The van der Waals surface area contributed by atoms with Crippen LogP contribution < -0.4 is 0 Å². The Morgan fingerprint density at radius 1 is 1.12 bits per heavy atom. The highest BCUT2D eigenvalue weighted by atomic mass is 32.2. The van der Waals surface area contributed by atoms with E-state index < -0.39 is 10.0 Å². The van der Waals surface area contributed by atoms with Crippen molar-refractivity contribution < 1.29 is 8.42 Å². The average molecular weight is 384 g/mol. The van der Waals surface area contributed by atoms with Crippen molar-refractivity contribution in [1.82, 2.24) is 4.31 Å². The van der Waals surface area contributed by atoms with Crippen molar-refractivity contribution in [2.75, 3.05) is 6.54 Å². The van der Waals surface area contributed by atoms with Crippen LogP contribution in [0, 0.1) is 11.8 Å². The van der Waals surface area contributed by atoms with Crippen LogP contribution in [0.5, 0.6) is 0 Å². The van der Waals surface area contributed by atoms with Crippen molar-refractivity contribution in [2.45, 2.75) is 29.9 Å². The van der Waals surface area contributed by atoms with Gasteiger partial charge in [0.05, 0.1) is 0 Å². The third-order valence-corrected chi connectivity index (χ3v) is 7.38. The molecule has 0 N–H and O–H groups in total. The summed E-state index contributed by atoms with van der Waals surface area (Å²) < 4.78 is 28.2. The summed E-state index contributed by atoms with van der Waals surface area (Å²) in [6.45, 7) is 4.28. The first-order valence-electron chi connectivity index (χ1n) is 8.59. The summed E-state index contributed by atoms with van der Waals surface area (Å²) in [4.78, 5) is 0. The normalized spacial score (nSPS) is 15.2. The van der Waals surface area contributed by atoms with E-state index in [2.05, 4.69) is 18.4 Å². The fourth-order valence-corrected chi connectivity index (χ4v) is 5.56. The molecule has 0 aliphatic carbocycles. The molecule has 0 radical (unpaired) electrons. The molecule has 0 atom stereocenters. The molecule has 1 aliphatic heterocycles. The summed E-state index contributed by atoms with van der Waals surface area (Å²) in [7, 11) is -3.59. The molecule has 2 heterocycles. The van der Waals surface area contributed by atoms with Gasteiger partial charge in [-0.1, -0.05) is 36.3 Å². The molecule has 5 heteroatoms. The summed E-state index contributed by atoms with van der Waals surface area (Å²) in [6.07, 6.45) is 5.09. The second-order valence-electron chi connectivity index (χ2n) is 6.03. The monoisotopic (exact) mass is 383 g/mol. The van der Waals surface area contributed by atoms with Gasteiger partial charge in [-0.3, -0.25) is 4.31 Å². The molecule has 1 aliphatic rings. The maximum atomic E-state index is 13.2. The van der Waals surface area contributed by atoms with Gasteiger partial charge in [0.15, 0.2) is 0 Å². The topological polar surface area (TPSA) is 37.4 Å². The van der Waals surface area contributed by atoms with E-state index in [9.17, 15) is 8.42 Å². The predicted molar refractivity (Wildman–Crippen MR) is 107 cm³/mol. The predicted octanol–water partition coefficient (Wildman–Crippen LogP) is 4.80. The van der Waals surface area contributed by atoms with Gasteiger partial charge in [-0.25, -0.2) is 8.42 Å². The van der Waals surface area contributed by atoms with Gasteiger partial charge in [-0.2, -0.15) is 0 Å². The first kappa shape index (κ1) is 18.5. The molecule has 0 amide bonds. The zero-order valence-electron chi connectivity index (χ0n) is 14.5. The lowest BCUT2D eigenvalue weighted by molar-refractivity contribution is 0.482. The SMILES string of the molecule is C=CCC1=C(C#Cc2ccccc2)N(S(=O)(=O)c2cccs2)CCCC1. The Balaban J connectivity index is 2.10. The summed E-state index contributed by atoms with van der Waals surface area (Å²) in [6, 6.07) is 13.1. The Kier molecular flexibility index (Phi) is 5.97. The van der Waals surface area contributed by atoms with Crippen LogP contribution in [0.3, 0.4) is 0 Å². The molecule has 134 valence electrons. The highest BCUT2D eigenvalue weighted by Crippen LogP contribution is 2.31. The molecule has 0 unspecified atom stereocenters. The van der Waals surface area contributed by atoms with Crippen molar-refractivity contribution in [3.8, 4) is 11.8 Å². The lowest BCUT2D eigenvalue weighted by Crippen LogP contribution is -2.30. The summed E-state index contributed by atoms with van der Waals surface area (Å²) in [5.74, 6) is 6.30. The Morgan fingerprint density at radius 2 is 1.92 bits per heavy atom. The zero-order valence-corrected chi connectivity index (χ0v) is 16.2. The van der Waals surface area contributed by atoms with E-state index in [1.54, 1.807) is 17.5 Å². The van der Waals surface area contributed by atoms with Crippen molar-refractivity contribution in [3.05, 3.63) is 77.3 Å². The Hall–Kier alpha value is -2.29. The first-order valence-corrected chi connectivity index (χ1v) is 10.9. The minimum Gasteiger partial charge on any atom is -0.258 e. The largest absolute Gasteiger partial charge is 0.274 e. The van der Waals surface area contributed by atoms with E-state index in [-0.39, 0.29) is 0 Å². The standard InChI is InChI=1S/C21H21NO2S2/c1-2-9-19-12-6-7-16-22(26(23,24)21-13-8-17-25-21)20(19)15-14-18-10-4-3-5-11-18/h2-5,8,10-11,13,17H,1,6-7,9,12,16H2. The number of thiophene rings is 1. The second kappa shape index (κ2) is 8.39. The maximum Gasteiger partial charge on any atom is 0.274 e. The van der Waals surface area contributed by atoms with Gasteiger partial charge in [0, 0.05) is 12.1 Å². The summed E-state index contributed by atoms with van der Waals surface area (Å²) in [5.41, 5.74) is 2.52. The minimum atomic E-state index is -3.59. The fraction of sp³-hybridized carbons (Fsp3) is 0.238. The number of hydrogen-bond acceptors (Lipinski definition) is 3. The number of rotatable bonds is 4. The van der Waals surface area contributed by atoms with E-state index in [1.807, 2.05) is 36.4 Å². The Labute approximate surface area is 159 Å². The van der Waals surface area contributed by atoms with Crippen molar-refractivity contribution in [3.63, 3.8) is 0 Å². The maximum absolute atomic E-state index is 13.2. The molecule has 0 spiro atoms. The molecule has 0 fully saturated rings. The van der Waals surface area contributed by atoms with Gasteiger partial charge >= 0.3 is 0 Å². The average Bonchev–Trinajstić information content (AvgIpc) is 3.12. The molecule has 0 saturated carbocycles. The molecule has 3 nitrogen and oxygen atoms in total. The Morgan fingerprint density at radius 3 is 2.62 bits per heavy atom. The highest BCUT2D eigenvalue weighted by molar-refractivity contribution is 7.91. The number of sulfonamides is 1. The van der Waals surface area contributed by atoms with Crippen LogP contribution in [0.4, 0.5) is 0 Å². The molecule has 3 rings (SSSR count). The van der Waals surface area contributed by atoms with Crippen molar-refractivity contribution >= 4 is 21.4 Å². The third kappa shape index (κ3) is 4.09. The molecule has 0 saturated heterocycles. The highest BCUT2D eigenvalue weighted by Gasteiger charge is 2.29. The fourth-order valence-electron chi connectivity index (χ4n) is 2.94. The third-order valence-electron chi connectivity index (χ3n) is 4.20. The lowest BCUT2D eigenvalue weighted by atomic mass is 10.0. The van der Waals surface area contributed by atoms with Crippen LogP contribution in [0.1, 0.15) is 31.2 Å². The van der Waals surface area contributed by atoms with Gasteiger partial charge < -0.3 is 0 Å². The molecule has 1 aromatic carbocycles. The van der Waals surface area contributed by atoms with Crippen LogP contribution in [0.25, 0.3) is 0 Å². The van der Waals surface area contributed by atoms with E-state index in [4.69, 9.17) is 0 Å². The van der Waals surface area contributed by atoms with Crippen LogP contribution in [0.2, 0.25) is 0 Å². The van der Waals surface area contributed by atoms with Crippen LogP contribution in [-0.2, 0) is 10.0 Å². The number of hydrogen-bond donors (Lipinski definition) is 0. The van der Waals surface area contributed by atoms with E-state index in [0.29, 0.717) is 22.9 Å². The van der Waals surface area contributed by atoms with Crippen LogP contribution >= 0.6 is 11.3 Å². The van der Waals surface area contributed by atoms with Gasteiger partial charge in [-0.15, -0.1) is 17.9 Å². The van der Waals surface area contributed by atoms with Crippen molar-refractivity contribution in [2.24, 2.45) is 0 Å². The summed E-state index contributed by atoms with van der Waals surface area (Å²) >= 11 is 1.24. The second-order valence-corrected chi connectivity index (χ2v) is 9.06. The number of allylic oxidation sites excluding steroid dienone is 3.